The SMILES string of the molecule is Cc1nc(CC(=O)N2CCN(c3ccc(F)cc3)CC2)no1. The standard InChI is InChI=1S/C15H17FN4O2/c1-11-17-14(18-22-11)10-15(21)20-8-6-19(7-9-20)13-4-2-12(16)3-5-13/h2-5H,6-10H2,1H3. The second kappa shape index (κ2) is 6.13. The summed E-state index contributed by atoms with van der Waals surface area (Å²) in [7, 11) is 0. The highest BCUT2D eigenvalue weighted by molar-refractivity contribution is 5.78. The van der Waals surface area contributed by atoms with E-state index >= 15 is 0 Å². The van der Waals surface area contributed by atoms with Crippen LogP contribution < -0.4 is 4.90 Å². The molecule has 22 heavy (non-hydrogen) atoms. The fraction of sp³-hybridized carbons (Fsp3) is 0.400. The zero-order chi connectivity index (χ0) is 15.5. The Bertz CT molecular complexity index is 648. The van der Waals surface area contributed by atoms with E-state index in [2.05, 4.69) is 15.0 Å². The molecular formula is C15H17FN4O2. The smallest absolute Gasteiger partial charge is 0.230 e. The Hall–Kier alpha value is -2.44. The highest BCUT2D eigenvalue weighted by Crippen LogP contribution is 2.17. The van der Waals surface area contributed by atoms with Crippen LogP contribution in [0.5, 0.6) is 0 Å². The Labute approximate surface area is 127 Å². The number of halogens is 1. The average Bonchev–Trinajstić information content (AvgIpc) is 2.93. The molecule has 0 spiro atoms. The lowest BCUT2D eigenvalue weighted by molar-refractivity contribution is -0.130. The van der Waals surface area contributed by atoms with Gasteiger partial charge in [0.1, 0.15) is 5.82 Å². The van der Waals surface area contributed by atoms with Crippen molar-refractivity contribution in [2.75, 3.05) is 31.1 Å². The van der Waals surface area contributed by atoms with E-state index in [0.29, 0.717) is 24.8 Å². The Balaban J connectivity index is 1.54. The lowest BCUT2D eigenvalue weighted by Gasteiger charge is -2.36. The molecule has 1 aromatic heterocycles. The van der Waals surface area contributed by atoms with Crippen molar-refractivity contribution in [1.82, 2.24) is 15.0 Å². The van der Waals surface area contributed by atoms with Gasteiger partial charge in [-0.15, -0.1) is 0 Å². The van der Waals surface area contributed by atoms with Gasteiger partial charge < -0.3 is 14.3 Å². The first-order chi connectivity index (χ1) is 10.6. The Morgan fingerprint density at radius 3 is 2.50 bits per heavy atom. The highest BCUT2D eigenvalue weighted by atomic mass is 19.1. The van der Waals surface area contributed by atoms with Crippen molar-refractivity contribution >= 4 is 11.6 Å². The minimum Gasteiger partial charge on any atom is -0.368 e. The van der Waals surface area contributed by atoms with Crippen LogP contribution in [0.3, 0.4) is 0 Å². The van der Waals surface area contributed by atoms with E-state index in [1.807, 2.05) is 0 Å². The molecule has 3 rings (SSSR count). The van der Waals surface area contributed by atoms with E-state index in [1.165, 1.54) is 12.1 Å². The van der Waals surface area contributed by atoms with Gasteiger partial charge in [0.25, 0.3) is 0 Å². The number of nitrogens with zero attached hydrogens (tertiary/aromatic N) is 4. The summed E-state index contributed by atoms with van der Waals surface area (Å²) in [5.41, 5.74) is 0.974. The normalized spacial score (nSPS) is 15.2. The highest BCUT2D eigenvalue weighted by Gasteiger charge is 2.22. The molecule has 6 nitrogen and oxygen atoms in total. The van der Waals surface area contributed by atoms with Gasteiger partial charge in [0.15, 0.2) is 5.82 Å². The van der Waals surface area contributed by atoms with Gasteiger partial charge in [-0.1, -0.05) is 5.16 Å². The van der Waals surface area contributed by atoms with E-state index in [0.717, 1.165) is 18.8 Å². The Morgan fingerprint density at radius 1 is 1.23 bits per heavy atom. The number of aromatic nitrogens is 2. The molecule has 1 aliphatic rings. The lowest BCUT2D eigenvalue weighted by atomic mass is 10.2. The number of rotatable bonds is 3. The topological polar surface area (TPSA) is 62.5 Å². The van der Waals surface area contributed by atoms with E-state index in [4.69, 9.17) is 4.52 Å². The third-order valence-electron chi connectivity index (χ3n) is 3.70. The number of hydrogen-bond acceptors (Lipinski definition) is 5. The molecule has 1 aromatic carbocycles. The van der Waals surface area contributed by atoms with Crippen LogP contribution in [0.4, 0.5) is 10.1 Å². The van der Waals surface area contributed by atoms with E-state index in [-0.39, 0.29) is 18.1 Å². The van der Waals surface area contributed by atoms with Crippen molar-refractivity contribution in [3.63, 3.8) is 0 Å². The summed E-state index contributed by atoms with van der Waals surface area (Å²) in [4.78, 5) is 20.2. The van der Waals surface area contributed by atoms with Crippen molar-refractivity contribution in [1.29, 1.82) is 0 Å². The van der Waals surface area contributed by atoms with E-state index in [1.54, 1.807) is 24.0 Å². The summed E-state index contributed by atoms with van der Waals surface area (Å²) in [6.45, 7) is 4.41. The van der Waals surface area contributed by atoms with Crippen LogP contribution in [0.15, 0.2) is 28.8 Å². The first-order valence-corrected chi connectivity index (χ1v) is 7.19. The van der Waals surface area contributed by atoms with Gasteiger partial charge in [0.05, 0.1) is 6.42 Å². The largest absolute Gasteiger partial charge is 0.368 e. The summed E-state index contributed by atoms with van der Waals surface area (Å²) >= 11 is 0. The van der Waals surface area contributed by atoms with Crippen LogP contribution in [0.2, 0.25) is 0 Å². The predicted octanol–water partition coefficient (Wildman–Crippen LogP) is 1.41. The molecule has 0 saturated carbocycles. The maximum atomic E-state index is 12.9. The number of aryl methyl sites for hydroxylation is 1. The summed E-state index contributed by atoms with van der Waals surface area (Å²) < 4.78 is 17.8. The minimum atomic E-state index is -0.243. The van der Waals surface area contributed by atoms with Crippen LogP contribution in [-0.2, 0) is 11.2 Å². The van der Waals surface area contributed by atoms with Crippen molar-refractivity contribution in [3.05, 3.63) is 41.8 Å². The fourth-order valence-electron chi connectivity index (χ4n) is 2.53. The van der Waals surface area contributed by atoms with Gasteiger partial charge in [-0.25, -0.2) is 4.39 Å². The second-order valence-corrected chi connectivity index (χ2v) is 5.25. The van der Waals surface area contributed by atoms with Gasteiger partial charge in [-0.3, -0.25) is 4.79 Å². The maximum absolute atomic E-state index is 12.9. The zero-order valence-corrected chi connectivity index (χ0v) is 12.3. The summed E-state index contributed by atoms with van der Waals surface area (Å²) in [6, 6.07) is 6.42. The van der Waals surface area contributed by atoms with Gasteiger partial charge in [0, 0.05) is 38.8 Å². The maximum Gasteiger partial charge on any atom is 0.230 e. The van der Waals surface area contributed by atoms with Gasteiger partial charge in [-0.05, 0) is 24.3 Å². The number of hydrogen-bond donors (Lipinski definition) is 0. The van der Waals surface area contributed by atoms with E-state index < -0.39 is 0 Å². The fourth-order valence-corrected chi connectivity index (χ4v) is 2.53. The molecule has 116 valence electrons. The molecule has 2 aromatic rings. The molecule has 0 N–H and O–H groups in total. The molecule has 1 fully saturated rings. The molecule has 0 atom stereocenters. The van der Waals surface area contributed by atoms with Crippen LogP contribution >= 0.6 is 0 Å². The summed E-state index contributed by atoms with van der Waals surface area (Å²) in [5, 5.41) is 3.74. The second-order valence-electron chi connectivity index (χ2n) is 5.25. The lowest BCUT2D eigenvalue weighted by Crippen LogP contribution is -2.49. The molecule has 0 radical (unpaired) electrons. The van der Waals surface area contributed by atoms with Crippen molar-refractivity contribution < 1.29 is 13.7 Å². The number of carbonyl (C=O) groups excluding carboxylic acids is 1. The molecule has 1 amide bonds. The summed E-state index contributed by atoms with van der Waals surface area (Å²) in [6.07, 6.45) is 0.161. The van der Waals surface area contributed by atoms with Gasteiger partial charge >= 0.3 is 0 Å². The molecule has 0 bridgehead atoms. The van der Waals surface area contributed by atoms with Gasteiger partial charge in [0.2, 0.25) is 11.8 Å². The third kappa shape index (κ3) is 3.24. The van der Waals surface area contributed by atoms with Crippen molar-refractivity contribution in [2.45, 2.75) is 13.3 Å². The number of piperazine rings is 1. The van der Waals surface area contributed by atoms with Crippen molar-refractivity contribution in [2.24, 2.45) is 0 Å². The number of benzene rings is 1. The van der Waals surface area contributed by atoms with Crippen molar-refractivity contribution in [3.8, 4) is 0 Å². The first-order valence-electron chi connectivity index (χ1n) is 7.19. The minimum absolute atomic E-state index is 0.000411. The average molecular weight is 304 g/mol. The molecule has 0 unspecified atom stereocenters. The van der Waals surface area contributed by atoms with Crippen LogP contribution in [0.25, 0.3) is 0 Å². The van der Waals surface area contributed by atoms with E-state index in [9.17, 15) is 9.18 Å². The number of carbonyl (C=O) groups is 1. The third-order valence-corrected chi connectivity index (χ3v) is 3.70. The molecule has 2 heterocycles. The number of anilines is 1. The van der Waals surface area contributed by atoms with Crippen LogP contribution in [-0.4, -0.2) is 47.1 Å². The molecule has 1 aliphatic heterocycles. The predicted molar refractivity (Wildman–Crippen MR) is 77.9 cm³/mol. The quantitative estimate of drug-likeness (QED) is 0.858. The monoisotopic (exact) mass is 304 g/mol. The Kier molecular flexibility index (Phi) is 4.04. The Morgan fingerprint density at radius 2 is 1.91 bits per heavy atom. The molecular weight excluding hydrogens is 287 g/mol. The van der Waals surface area contributed by atoms with Crippen LogP contribution in [0.1, 0.15) is 11.7 Å². The van der Waals surface area contributed by atoms with Crippen LogP contribution in [0, 0.1) is 12.7 Å². The summed E-state index contributed by atoms with van der Waals surface area (Å²) in [5.74, 6) is 0.639. The molecule has 0 aliphatic carbocycles. The first kappa shape index (κ1) is 14.5. The molecule has 1 saturated heterocycles. The van der Waals surface area contributed by atoms with Gasteiger partial charge in [-0.2, -0.15) is 4.98 Å². The number of amides is 1. The zero-order valence-electron chi connectivity index (χ0n) is 12.3. The molecule has 7 heteroatoms.